The molecule has 1 heterocycles. The summed E-state index contributed by atoms with van der Waals surface area (Å²) in [5.41, 5.74) is -0.156. The van der Waals surface area contributed by atoms with Gasteiger partial charge in [-0.1, -0.05) is 11.2 Å². The van der Waals surface area contributed by atoms with E-state index in [9.17, 15) is 9.90 Å². The summed E-state index contributed by atoms with van der Waals surface area (Å²) in [6, 6.07) is 3.39. The van der Waals surface area contributed by atoms with Crippen molar-refractivity contribution >= 4 is 23.0 Å². The molecule has 1 aromatic heterocycles. The fourth-order valence-corrected chi connectivity index (χ4v) is 1.42. The van der Waals surface area contributed by atoms with Crippen LogP contribution in [0.5, 0.6) is 0 Å². The number of aliphatic carboxylic acids is 1. The molecule has 0 aliphatic carbocycles. The molecule has 4 nitrogen and oxygen atoms in total. The minimum Gasteiger partial charge on any atom is -0.543 e. The van der Waals surface area contributed by atoms with Crippen LogP contribution in [0, 0.1) is 0 Å². The third-order valence-electron chi connectivity index (χ3n) is 1.23. The summed E-state index contributed by atoms with van der Waals surface area (Å²) in [4.78, 5) is 15.8. The van der Waals surface area contributed by atoms with Crippen LogP contribution >= 0.6 is 11.3 Å². The van der Waals surface area contributed by atoms with Gasteiger partial charge >= 0.3 is 29.6 Å². The van der Waals surface area contributed by atoms with Gasteiger partial charge in [0.15, 0.2) is 0 Å². The van der Waals surface area contributed by atoms with Crippen LogP contribution in [0.4, 0.5) is 0 Å². The van der Waals surface area contributed by atoms with E-state index in [0.29, 0.717) is 11.5 Å². The Morgan fingerprint density at radius 1 is 1.71 bits per heavy atom. The normalized spacial score (nSPS) is 10.5. The zero-order valence-corrected chi connectivity index (χ0v) is 10.8. The Hall–Kier alpha value is -0.360. The smallest absolute Gasteiger partial charge is 0.543 e. The van der Waals surface area contributed by atoms with Crippen LogP contribution in [-0.4, -0.2) is 18.3 Å². The van der Waals surface area contributed by atoms with Gasteiger partial charge in [0.1, 0.15) is 12.3 Å². The van der Waals surface area contributed by atoms with Crippen molar-refractivity contribution in [2.75, 3.05) is 6.61 Å². The van der Waals surface area contributed by atoms with E-state index in [1.807, 2.05) is 0 Å². The Labute approximate surface area is 108 Å². The number of carbonyl (C=O) groups excluding carboxylic acids is 1. The van der Waals surface area contributed by atoms with Crippen molar-refractivity contribution in [3.63, 3.8) is 0 Å². The van der Waals surface area contributed by atoms with Crippen LogP contribution in [0.15, 0.2) is 22.7 Å². The van der Waals surface area contributed by atoms with E-state index >= 15 is 0 Å². The Morgan fingerprint density at radius 2 is 2.43 bits per heavy atom. The van der Waals surface area contributed by atoms with Crippen LogP contribution in [0.1, 0.15) is 11.8 Å². The second kappa shape index (κ2) is 7.00. The molecule has 14 heavy (non-hydrogen) atoms. The predicted molar refractivity (Wildman–Crippen MR) is 47.5 cm³/mol. The van der Waals surface area contributed by atoms with E-state index in [1.54, 1.807) is 24.4 Å². The van der Waals surface area contributed by atoms with Crippen molar-refractivity contribution in [3.05, 3.63) is 22.4 Å². The summed E-state index contributed by atoms with van der Waals surface area (Å²) < 4.78 is 0. The molecule has 1 rings (SSSR count). The summed E-state index contributed by atoms with van der Waals surface area (Å²) in [6.07, 6.45) is 0. The first-order valence-corrected chi connectivity index (χ1v) is 4.59. The van der Waals surface area contributed by atoms with Crippen molar-refractivity contribution in [2.45, 2.75) is 6.92 Å². The number of nitrogens with zero attached hydrogens (tertiary/aromatic N) is 1. The summed E-state index contributed by atoms with van der Waals surface area (Å²) in [7, 11) is 0. The van der Waals surface area contributed by atoms with Gasteiger partial charge in [0, 0.05) is 0 Å². The SMILES string of the molecule is CCON=C(C(=O)[O-])c1cccs1.[Na+]. The molecule has 0 spiro atoms. The topological polar surface area (TPSA) is 61.7 Å². The number of rotatable bonds is 4. The third-order valence-corrected chi connectivity index (χ3v) is 2.11. The molecule has 0 amide bonds. The molecule has 0 N–H and O–H groups in total. The fraction of sp³-hybridized carbons (Fsp3) is 0.250. The van der Waals surface area contributed by atoms with E-state index in [2.05, 4.69) is 9.99 Å². The minimum absolute atomic E-state index is 0. The Morgan fingerprint density at radius 3 is 2.86 bits per heavy atom. The van der Waals surface area contributed by atoms with Gasteiger partial charge in [0.05, 0.1) is 10.8 Å². The quantitative estimate of drug-likeness (QED) is 0.314. The van der Waals surface area contributed by atoms with Crippen LogP contribution in [0.3, 0.4) is 0 Å². The molecule has 0 saturated heterocycles. The molecule has 0 bridgehead atoms. The average Bonchev–Trinajstić information content (AvgIpc) is 2.57. The number of carbonyl (C=O) groups is 1. The standard InChI is InChI=1S/C8H9NO3S.Na/c1-2-12-9-7(8(10)11)6-4-3-5-13-6;/h3-5H,2H2,1H3,(H,10,11);/q;+1/p-1. The van der Waals surface area contributed by atoms with Crippen LogP contribution in [0.2, 0.25) is 0 Å². The van der Waals surface area contributed by atoms with Gasteiger partial charge in [-0.05, 0) is 18.4 Å². The molecule has 1 aromatic rings. The molecule has 0 radical (unpaired) electrons. The Bertz CT molecular complexity index is 310. The molecule has 0 aliphatic heterocycles. The van der Waals surface area contributed by atoms with Gasteiger partial charge in [0.25, 0.3) is 0 Å². The molecular weight excluding hydrogens is 213 g/mol. The second-order valence-electron chi connectivity index (χ2n) is 2.12. The van der Waals surface area contributed by atoms with Gasteiger partial charge in [0.2, 0.25) is 0 Å². The molecule has 0 fully saturated rings. The molecule has 6 heteroatoms. The van der Waals surface area contributed by atoms with E-state index in [0.717, 1.165) is 0 Å². The molecule has 0 aromatic carbocycles. The number of thiophene rings is 1. The zero-order valence-electron chi connectivity index (χ0n) is 8.02. The van der Waals surface area contributed by atoms with Crippen molar-refractivity contribution in [1.29, 1.82) is 0 Å². The fourth-order valence-electron chi connectivity index (χ4n) is 0.725. The van der Waals surface area contributed by atoms with E-state index < -0.39 is 5.97 Å². The number of hydrogen-bond donors (Lipinski definition) is 0. The number of carboxylic acid groups (broad SMARTS) is 1. The molecule has 0 aliphatic rings. The van der Waals surface area contributed by atoms with E-state index in [-0.39, 0.29) is 35.3 Å². The summed E-state index contributed by atoms with van der Waals surface area (Å²) in [6.45, 7) is 2.06. The van der Waals surface area contributed by atoms with Gasteiger partial charge in [-0.15, -0.1) is 11.3 Å². The second-order valence-corrected chi connectivity index (χ2v) is 3.07. The maximum atomic E-state index is 10.6. The number of carboxylic acids is 1. The Kier molecular flexibility index (Phi) is 6.82. The number of oxime groups is 1. The van der Waals surface area contributed by atoms with Gasteiger partial charge in [-0.3, -0.25) is 0 Å². The van der Waals surface area contributed by atoms with Gasteiger partial charge < -0.3 is 14.7 Å². The van der Waals surface area contributed by atoms with Gasteiger partial charge in [-0.25, -0.2) is 0 Å². The zero-order chi connectivity index (χ0) is 9.68. The maximum Gasteiger partial charge on any atom is 1.00 e. The van der Waals surface area contributed by atoms with Crippen molar-refractivity contribution in [2.24, 2.45) is 5.16 Å². The van der Waals surface area contributed by atoms with Crippen LogP contribution < -0.4 is 34.7 Å². The Balaban J connectivity index is 0.00000169. The summed E-state index contributed by atoms with van der Waals surface area (Å²) in [5.74, 6) is -1.32. The van der Waals surface area contributed by atoms with Gasteiger partial charge in [-0.2, -0.15) is 0 Å². The first-order valence-electron chi connectivity index (χ1n) is 3.71. The van der Waals surface area contributed by atoms with Crippen molar-refractivity contribution < 1.29 is 44.3 Å². The van der Waals surface area contributed by atoms with Crippen LogP contribution in [0.25, 0.3) is 0 Å². The summed E-state index contributed by atoms with van der Waals surface area (Å²) >= 11 is 1.28. The van der Waals surface area contributed by atoms with Crippen LogP contribution in [-0.2, 0) is 9.63 Å². The molecular formula is C8H8NNaO3S. The first-order chi connectivity index (χ1) is 6.25. The monoisotopic (exact) mass is 221 g/mol. The summed E-state index contributed by atoms with van der Waals surface area (Å²) in [5, 5.41) is 15.8. The van der Waals surface area contributed by atoms with Crippen molar-refractivity contribution in [3.8, 4) is 0 Å². The number of hydrogen-bond acceptors (Lipinski definition) is 5. The largest absolute Gasteiger partial charge is 1.00 e. The minimum atomic E-state index is -1.32. The third kappa shape index (κ3) is 3.79. The molecule has 0 saturated carbocycles. The van der Waals surface area contributed by atoms with E-state index in [1.165, 1.54) is 11.3 Å². The van der Waals surface area contributed by atoms with Crippen molar-refractivity contribution in [1.82, 2.24) is 0 Å². The predicted octanol–water partition coefficient (Wildman–Crippen LogP) is -2.76. The molecule has 70 valence electrons. The molecule has 0 atom stereocenters. The average molecular weight is 221 g/mol. The molecule has 0 unspecified atom stereocenters. The first kappa shape index (κ1) is 13.6. The van der Waals surface area contributed by atoms with E-state index in [4.69, 9.17) is 0 Å². The maximum absolute atomic E-state index is 10.6.